The molecule has 0 aromatic heterocycles. The number of nitrogens with one attached hydrogen (secondary N) is 2. The lowest BCUT2D eigenvalue weighted by molar-refractivity contribution is -0.133. The van der Waals surface area contributed by atoms with Crippen molar-refractivity contribution < 1.29 is 23.8 Å². The fourth-order valence-electron chi connectivity index (χ4n) is 1.92. The van der Waals surface area contributed by atoms with E-state index in [1.807, 2.05) is 0 Å². The van der Waals surface area contributed by atoms with Crippen LogP contribution in [0.4, 0.5) is 0 Å². The Balaban J connectivity index is 1.75. The summed E-state index contributed by atoms with van der Waals surface area (Å²) in [5.41, 5.74) is 4.55. The van der Waals surface area contributed by atoms with Gasteiger partial charge in [0.2, 0.25) is 0 Å². The third-order valence-electron chi connectivity index (χ3n) is 3.32. The molecular weight excluding hydrogens is 440 g/mol. The van der Waals surface area contributed by atoms with Crippen LogP contribution in [0.5, 0.6) is 17.2 Å². The Kier molecular flexibility index (Phi) is 7.75. The average Bonchev–Trinajstić information content (AvgIpc) is 2.66. The molecule has 144 valence electrons. The minimum absolute atomic E-state index is 0.284. The van der Waals surface area contributed by atoms with Gasteiger partial charge in [0, 0.05) is 5.02 Å². The van der Waals surface area contributed by atoms with Crippen molar-refractivity contribution in [2.75, 3.05) is 13.7 Å². The van der Waals surface area contributed by atoms with Gasteiger partial charge in [0.15, 0.2) is 12.7 Å². The molecule has 2 rings (SSSR count). The van der Waals surface area contributed by atoms with E-state index in [-0.39, 0.29) is 6.61 Å². The van der Waals surface area contributed by atoms with Gasteiger partial charge in [-0.05, 0) is 65.3 Å². The van der Waals surface area contributed by atoms with Crippen molar-refractivity contribution in [2.45, 2.75) is 13.0 Å². The summed E-state index contributed by atoms with van der Waals surface area (Å²) in [5, 5.41) is 0.539. The van der Waals surface area contributed by atoms with Gasteiger partial charge in [-0.3, -0.25) is 20.4 Å². The molecule has 0 aliphatic rings. The largest absolute Gasteiger partial charge is 0.497 e. The number of carbonyl (C=O) groups is 2. The maximum Gasteiger partial charge on any atom is 0.279 e. The van der Waals surface area contributed by atoms with Crippen LogP contribution < -0.4 is 25.1 Å². The lowest BCUT2D eigenvalue weighted by Gasteiger charge is -2.15. The number of hydrogen-bond acceptors (Lipinski definition) is 5. The van der Waals surface area contributed by atoms with Crippen molar-refractivity contribution in [3.05, 3.63) is 52.0 Å². The molecule has 27 heavy (non-hydrogen) atoms. The van der Waals surface area contributed by atoms with Crippen LogP contribution in [0.2, 0.25) is 5.02 Å². The van der Waals surface area contributed by atoms with Crippen molar-refractivity contribution in [3.63, 3.8) is 0 Å². The Morgan fingerprint density at radius 3 is 2.41 bits per heavy atom. The Morgan fingerprint density at radius 1 is 1.11 bits per heavy atom. The van der Waals surface area contributed by atoms with Crippen LogP contribution in [0, 0.1) is 0 Å². The van der Waals surface area contributed by atoms with Crippen molar-refractivity contribution in [1.82, 2.24) is 10.9 Å². The first kappa shape index (κ1) is 20.9. The SMILES string of the molecule is COc1ccc(OC(C)C(=O)NNC(=O)COc2ccc(Cl)cc2Br)cc1. The fraction of sp³-hybridized carbons (Fsp3) is 0.222. The fourth-order valence-corrected chi connectivity index (χ4v) is 2.71. The number of hydrogen-bond donors (Lipinski definition) is 2. The van der Waals surface area contributed by atoms with E-state index < -0.39 is 17.9 Å². The van der Waals surface area contributed by atoms with E-state index >= 15 is 0 Å². The lowest BCUT2D eigenvalue weighted by atomic mass is 10.3. The van der Waals surface area contributed by atoms with Gasteiger partial charge in [0.25, 0.3) is 11.8 Å². The molecule has 7 nitrogen and oxygen atoms in total. The van der Waals surface area contributed by atoms with Crippen LogP contribution in [0.15, 0.2) is 46.9 Å². The Bertz CT molecular complexity index is 801. The van der Waals surface area contributed by atoms with E-state index in [1.165, 1.54) is 0 Å². The normalized spacial score (nSPS) is 11.3. The van der Waals surface area contributed by atoms with E-state index in [4.69, 9.17) is 25.8 Å². The van der Waals surface area contributed by atoms with Crippen molar-refractivity contribution in [3.8, 4) is 17.2 Å². The number of rotatable bonds is 7. The molecule has 0 saturated carbocycles. The number of amides is 2. The first-order valence-corrected chi connectivity index (χ1v) is 9.03. The zero-order chi connectivity index (χ0) is 19.8. The Labute approximate surface area is 170 Å². The maximum absolute atomic E-state index is 12.0. The molecule has 0 aliphatic heterocycles. The maximum atomic E-state index is 12.0. The summed E-state index contributed by atoms with van der Waals surface area (Å²) in [4.78, 5) is 23.8. The van der Waals surface area contributed by atoms with E-state index in [0.29, 0.717) is 26.7 Å². The average molecular weight is 458 g/mol. The van der Waals surface area contributed by atoms with Crippen LogP contribution in [0.1, 0.15) is 6.92 Å². The number of carbonyl (C=O) groups excluding carboxylic acids is 2. The van der Waals surface area contributed by atoms with Gasteiger partial charge in [0.1, 0.15) is 17.2 Å². The highest BCUT2D eigenvalue weighted by Crippen LogP contribution is 2.27. The predicted molar refractivity (Wildman–Crippen MR) is 104 cm³/mol. The Morgan fingerprint density at radius 2 is 1.78 bits per heavy atom. The lowest BCUT2D eigenvalue weighted by Crippen LogP contribution is -2.48. The molecule has 2 N–H and O–H groups in total. The smallest absolute Gasteiger partial charge is 0.279 e. The number of ether oxygens (including phenoxy) is 3. The molecule has 0 bridgehead atoms. The summed E-state index contributed by atoms with van der Waals surface area (Å²) in [6, 6.07) is 11.7. The molecule has 2 aromatic rings. The summed E-state index contributed by atoms with van der Waals surface area (Å²) in [6.07, 6.45) is -0.815. The summed E-state index contributed by atoms with van der Waals surface area (Å²) in [6.45, 7) is 1.28. The molecule has 0 saturated heterocycles. The number of benzene rings is 2. The molecule has 1 atom stereocenters. The van der Waals surface area contributed by atoms with Crippen LogP contribution in [0.25, 0.3) is 0 Å². The number of methoxy groups -OCH3 is 1. The number of hydrazine groups is 1. The number of halogens is 2. The molecular formula is C18H18BrClN2O5. The van der Waals surface area contributed by atoms with Crippen LogP contribution >= 0.6 is 27.5 Å². The summed E-state index contributed by atoms with van der Waals surface area (Å²) >= 11 is 9.12. The second kappa shape index (κ2) is 10.0. The quantitative estimate of drug-likeness (QED) is 0.624. The van der Waals surface area contributed by atoms with Gasteiger partial charge >= 0.3 is 0 Å². The molecule has 0 radical (unpaired) electrons. The first-order chi connectivity index (χ1) is 12.9. The van der Waals surface area contributed by atoms with E-state index in [1.54, 1.807) is 56.5 Å². The van der Waals surface area contributed by atoms with E-state index in [0.717, 1.165) is 0 Å². The topological polar surface area (TPSA) is 85.9 Å². The third kappa shape index (κ3) is 6.65. The van der Waals surface area contributed by atoms with Crippen molar-refractivity contribution in [2.24, 2.45) is 0 Å². The zero-order valence-corrected chi connectivity index (χ0v) is 17.0. The summed E-state index contributed by atoms with van der Waals surface area (Å²) in [5.74, 6) is 0.602. The standard InChI is InChI=1S/C18H18BrClN2O5/c1-11(27-14-6-4-13(25-2)5-7-14)18(24)22-21-17(23)10-26-16-8-3-12(20)9-15(16)19/h3-9,11H,10H2,1-2H3,(H,21,23)(H,22,24). The highest BCUT2D eigenvalue weighted by molar-refractivity contribution is 9.10. The highest BCUT2D eigenvalue weighted by atomic mass is 79.9. The minimum atomic E-state index is -0.815. The second-order valence-corrected chi connectivity index (χ2v) is 6.63. The third-order valence-corrected chi connectivity index (χ3v) is 4.17. The van der Waals surface area contributed by atoms with Crippen LogP contribution in [-0.4, -0.2) is 31.6 Å². The van der Waals surface area contributed by atoms with Crippen molar-refractivity contribution >= 4 is 39.3 Å². The van der Waals surface area contributed by atoms with Gasteiger partial charge in [-0.1, -0.05) is 11.6 Å². The van der Waals surface area contributed by atoms with E-state index in [2.05, 4.69) is 26.8 Å². The van der Waals surface area contributed by atoms with Gasteiger partial charge in [-0.15, -0.1) is 0 Å². The zero-order valence-electron chi connectivity index (χ0n) is 14.6. The summed E-state index contributed by atoms with van der Waals surface area (Å²) in [7, 11) is 1.56. The molecule has 0 heterocycles. The molecule has 2 amide bonds. The molecule has 9 heteroatoms. The molecule has 1 unspecified atom stereocenters. The minimum Gasteiger partial charge on any atom is -0.497 e. The van der Waals surface area contributed by atoms with Crippen LogP contribution in [-0.2, 0) is 9.59 Å². The van der Waals surface area contributed by atoms with E-state index in [9.17, 15) is 9.59 Å². The van der Waals surface area contributed by atoms with Gasteiger partial charge in [0.05, 0.1) is 11.6 Å². The van der Waals surface area contributed by atoms with Gasteiger partial charge in [-0.2, -0.15) is 0 Å². The highest BCUT2D eigenvalue weighted by Gasteiger charge is 2.16. The van der Waals surface area contributed by atoms with Gasteiger partial charge < -0.3 is 14.2 Å². The van der Waals surface area contributed by atoms with Gasteiger partial charge in [-0.25, -0.2) is 0 Å². The molecule has 0 spiro atoms. The Hall–Kier alpha value is -2.45. The molecule has 0 fully saturated rings. The summed E-state index contributed by atoms with van der Waals surface area (Å²) < 4.78 is 16.5. The van der Waals surface area contributed by atoms with Crippen LogP contribution in [0.3, 0.4) is 0 Å². The monoisotopic (exact) mass is 456 g/mol. The van der Waals surface area contributed by atoms with Crippen molar-refractivity contribution in [1.29, 1.82) is 0 Å². The molecule has 0 aliphatic carbocycles. The second-order valence-electron chi connectivity index (χ2n) is 5.34. The molecule has 2 aromatic carbocycles. The predicted octanol–water partition coefficient (Wildman–Crippen LogP) is 3.10. The first-order valence-electron chi connectivity index (χ1n) is 7.86.